The number of hydrogen-bond acceptors (Lipinski definition) is 5. The van der Waals surface area contributed by atoms with Crippen LogP contribution >= 0.6 is 11.8 Å². The molecule has 1 N–H and O–H groups in total. The molecule has 180 valence electrons. The Hall–Kier alpha value is -2.34. The van der Waals surface area contributed by atoms with E-state index in [-0.39, 0.29) is 11.2 Å². The van der Waals surface area contributed by atoms with Crippen LogP contribution in [0.2, 0.25) is 0 Å². The summed E-state index contributed by atoms with van der Waals surface area (Å²) in [5, 5.41) is 10.4. The molecule has 0 atom stereocenters. The standard InChI is InChI=1S/C27H37NO4S/c1-8-10-23(33-22-15-16-26(4,5)17-21(22)18(3)29)28(9-2)20-13-11-19(12-14-20)24(30)27(6,7)25(31)32/h10-14H,8-9,15-17H2,1-7H3,(H,31,32)/b23-10+. The zero-order valence-electron chi connectivity index (χ0n) is 20.9. The Morgan fingerprint density at radius 2 is 1.76 bits per heavy atom. The molecule has 2 rings (SSSR count). The lowest BCUT2D eigenvalue weighted by molar-refractivity contribution is -0.144. The van der Waals surface area contributed by atoms with Gasteiger partial charge in [-0.1, -0.05) is 38.6 Å². The molecule has 6 heteroatoms. The van der Waals surface area contributed by atoms with Crippen LogP contribution in [0.3, 0.4) is 0 Å². The van der Waals surface area contributed by atoms with Crippen LogP contribution in [0.4, 0.5) is 5.69 Å². The van der Waals surface area contributed by atoms with Gasteiger partial charge in [0.05, 0.1) is 5.03 Å². The van der Waals surface area contributed by atoms with Crippen molar-refractivity contribution >= 4 is 35.0 Å². The summed E-state index contributed by atoms with van der Waals surface area (Å²) >= 11 is 1.67. The normalized spacial score (nSPS) is 16.5. The maximum atomic E-state index is 12.7. The summed E-state index contributed by atoms with van der Waals surface area (Å²) in [5.74, 6) is -1.40. The monoisotopic (exact) mass is 471 g/mol. The van der Waals surface area contributed by atoms with Crippen molar-refractivity contribution in [1.82, 2.24) is 0 Å². The number of benzene rings is 1. The van der Waals surface area contributed by atoms with Gasteiger partial charge in [0.15, 0.2) is 11.6 Å². The fourth-order valence-electron chi connectivity index (χ4n) is 3.93. The maximum absolute atomic E-state index is 12.7. The maximum Gasteiger partial charge on any atom is 0.316 e. The number of carbonyl (C=O) groups excluding carboxylic acids is 2. The Balaban J connectivity index is 2.36. The van der Waals surface area contributed by atoms with E-state index in [4.69, 9.17) is 0 Å². The molecular weight excluding hydrogens is 434 g/mol. The van der Waals surface area contributed by atoms with Crippen LogP contribution in [0.1, 0.15) is 84.5 Å². The topological polar surface area (TPSA) is 74.7 Å². The van der Waals surface area contributed by atoms with Gasteiger partial charge in [0.2, 0.25) is 0 Å². The molecule has 0 aliphatic heterocycles. The van der Waals surface area contributed by atoms with Crippen LogP contribution in [0, 0.1) is 10.8 Å². The first kappa shape index (κ1) is 26.9. The van der Waals surface area contributed by atoms with Crippen molar-refractivity contribution in [2.75, 3.05) is 11.4 Å². The molecule has 0 heterocycles. The van der Waals surface area contributed by atoms with Crippen LogP contribution < -0.4 is 4.90 Å². The second-order valence-corrected chi connectivity index (χ2v) is 11.0. The fourth-order valence-corrected chi connectivity index (χ4v) is 5.32. The van der Waals surface area contributed by atoms with Gasteiger partial charge >= 0.3 is 5.97 Å². The van der Waals surface area contributed by atoms with E-state index in [2.05, 4.69) is 38.7 Å². The Labute approximate surface area is 202 Å². The highest BCUT2D eigenvalue weighted by atomic mass is 32.2. The Bertz CT molecular complexity index is 970. The summed E-state index contributed by atoms with van der Waals surface area (Å²) in [6, 6.07) is 7.12. The zero-order valence-corrected chi connectivity index (χ0v) is 21.8. The molecule has 0 saturated carbocycles. The van der Waals surface area contributed by atoms with Crippen molar-refractivity contribution < 1.29 is 19.5 Å². The predicted molar refractivity (Wildman–Crippen MR) is 137 cm³/mol. The van der Waals surface area contributed by atoms with Crippen molar-refractivity contribution in [3.8, 4) is 0 Å². The molecule has 1 aromatic rings. The van der Waals surface area contributed by atoms with Gasteiger partial charge in [-0.25, -0.2) is 0 Å². The number of carboxylic acids is 1. The highest BCUT2D eigenvalue weighted by Gasteiger charge is 2.36. The third kappa shape index (κ3) is 6.38. The van der Waals surface area contributed by atoms with E-state index in [1.54, 1.807) is 30.8 Å². The zero-order chi connectivity index (χ0) is 25.0. The van der Waals surface area contributed by atoms with E-state index in [1.807, 2.05) is 12.1 Å². The molecule has 0 radical (unpaired) electrons. The average molecular weight is 472 g/mol. The van der Waals surface area contributed by atoms with Gasteiger partial charge in [0, 0.05) is 23.4 Å². The average Bonchev–Trinajstić information content (AvgIpc) is 2.75. The van der Waals surface area contributed by atoms with Crippen LogP contribution in [-0.2, 0) is 9.59 Å². The molecule has 1 aromatic carbocycles. The van der Waals surface area contributed by atoms with Crippen LogP contribution in [0.15, 0.2) is 45.8 Å². The number of anilines is 1. The molecule has 0 spiro atoms. The lowest BCUT2D eigenvalue weighted by Gasteiger charge is -2.34. The van der Waals surface area contributed by atoms with E-state index in [9.17, 15) is 19.5 Å². The number of rotatable bonds is 10. The van der Waals surface area contributed by atoms with E-state index in [0.717, 1.165) is 53.4 Å². The molecule has 0 fully saturated rings. The minimum Gasteiger partial charge on any atom is -0.481 e. The third-order valence-corrected chi connectivity index (χ3v) is 7.47. The summed E-state index contributed by atoms with van der Waals surface area (Å²) in [6.45, 7) is 13.8. The molecule has 1 aliphatic rings. The second kappa shape index (κ2) is 10.7. The van der Waals surface area contributed by atoms with E-state index < -0.39 is 17.2 Å². The molecule has 0 unspecified atom stereocenters. The van der Waals surface area contributed by atoms with Gasteiger partial charge in [-0.15, -0.1) is 0 Å². The number of thioether (sulfide) groups is 1. The molecule has 0 aromatic heterocycles. The van der Waals surface area contributed by atoms with Gasteiger partial charge in [-0.05, 0) is 88.0 Å². The molecule has 33 heavy (non-hydrogen) atoms. The largest absolute Gasteiger partial charge is 0.481 e. The second-order valence-electron chi connectivity index (χ2n) is 9.90. The summed E-state index contributed by atoms with van der Waals surface area (Å²) in [7, 11) is 0. The smallest absolute Gasteiger partial charge is 0.316 e. The first-order chi connectivity index (χ1) is 15.3. The minimum atomic E-state index is -1.47. The van der Waals surface area contributed by atoms with Crippen molar-refractivity contribution in [2.45, 2.75) is 74.1 Å². The summed E-state index contributed by atoms with van der Waals surface area (Å²) in [6.07, 6.45) is 5.77. The summed E-state index contributed by atoms with van der Waals surface area (Å²) in [4.78, 5) is 39.8. The number of Topliss-reactive ketones (excluding diaryl/α,β-unsaturated/α-hetero) is 2. The lowest BCUT2D eigenvalue weighted by Crippen LogP contribution is -2.33. The molecule has 0 amide bonds. The molecular formula is C27H37NO4S. The van der Waals surface area contributed by atoms with Gasteiger partial charge in [-0.2, -0.15) is 0 Å². The van der Waals surface area contributed by atoms with E-state index in [0.29, 0.717) is 5.56 Å². The first-order valence-corrected chi connectivity index (χ1v) is 12.4. The van der Waals surface area contributed by atoms with Crippen molar-refractivity contribution in [2.24, 2.45) is 10.8 Å². The molecule has 0 saturated heterocycles. The van der Waals surface area contributed by atoms with Crippen LogP contribution in [-0.4, -0.2) is 29.2 Å². The molecule has 1 aliphatic carbocycles. The van der Waals surface area contributed by atoms with Crippen molar-refractivity contribution in [1.29, 1.82) is 0 Å². The van der Waals surface area contributed by atoms with E-state index in [1.165, 1.54) is 13.8 Å². The summed E-state index contributed by atoms with van der Waals surface area (Å²) in [5.41, 5.74) is 0.906. The van der Waals surface area contributed by atoms with Gasteiger partial charge in [-0.3, -0.25) is 14.4 Å². The van der Waals surface area contributed by atoms with Gasteiger partial charge in [0.1, 0.15) is 5.41 Å². The number of nitrogens with zero attached hydrogens (tertiary/aromatic N) is 1. The summed E-state index contributed by atoms with van der Waals surface area (Å²) < 4.78 is 0. The van der Waals surface area contributed by atoms with Crippen molar-refractivity contribution in [3.05, 3.63) is 51.4 Å². The first-order valence-electron chi connectivity index (χ1n) is 11.6. The van der Waals surface area contributed by atoms with E-state index >= 15 is 0 Å². The third-order valence-electron chi connectivity index (χ3n) is 6.18. The highest BCUT2D eigenvalue weighted by Crippen LogP contribution is 2.46. The Kier molecular flexibility index (Phi) is 8.75. The number of allylic oxidation sites excluding steroid dienone is 3. The van der Waals surface area contributed by atoms with Gasteiger partial charge in [0.25, 0.3) is 0 Å². The quantitative estimate of drug-likeness (QED) is 0.297. The molecule has 0 bridgehead atoms. The SMILES string of the molecule is CC/C=C(/SC1=C(C(C)=O)CC(C)(C)CC1)N(CC)c1ccc(C(=O)C(C)(C)C(=O)O)cc1. The molecule has 5 nitrogen and oxygen atoms in total. The lowest BCUT2D eigenvalue weighted by atomic mass is 9.76. The Morgan fingerprint density at radius 1 is 1.15 bits per heavy atom. The van der Waals surface area contributed by atoms with Gasteiger partial charge < -0.3 is 10.0 Å². The number of carbonyl (C=O) groups is 3. The Morgan fingerprint density at radius 3 is 2.24 bits per heavy atom. The number of hydrogen-bond donors (Lipinski definition) is 1. The number of carboxylic acid groups (broad SMARTS) is 1. The van der Waals surface area contributed by atoms with Crippen LogP contribution in [0.25, 0.3) is 0 Å². The highest BCUT2D eigenvalue weighted by molar-refractivity contribution is 8.06. The van der Waals surface area contributed by atoms with Crippen LogP contribution in [0.5, 0.6) is 0 Å². The predicted octanol–water partition coefficient (Wildman–Crippen LogP) is 6.84. The minimum absolute atomic E-state index is 0.135. The fraction of sp³-hybridized carbons (Fsp3) is 0.519. The van der Waals surface area contributed by atoms with Crippen molar-refractivity contribution in [3.63, 3.8) is 0 Å². The number of aliphatic carboxylic acids is 1. The number of ketones is 2.